The van der Waals surface area contributed by atoms with Gasteiger partial charge in [0, 0.05) is 18.7 Å². The normalized spacial score (nSPS) is 18.4. The highest BCUT2D eigenvalue weighted by molar-refractivity contribution is 6.09. The fourth-order valence-corrected chi connectivity index (χ4v) is 3.97. The number of carbonyl (C=O) groups excluding carboxylic acids is 2. The third-order valence-electron chi connectivity index (χ3n) is 5.54. The van der Waals surface area contributed by atoms with E-state index in [9.17, 15) is 9.59 Å². The van der Waals surface area contributed by atoms with Crippen molar-refractivity contribution in [3.05, 3.63) is 64.7 Å². The molecule has 2 aromatic rings. The van der Waals surface area contributed by atoms with Crippen LogP contribution in [0.4, 0.5) is 5.69 Å². The smallest absolute Gasteiger partial charge is 0.255 e. The topological polar surface area (TPSA) is 67.4 Å². The molecule has 2 aromatic carbocycles. The van der Waals surface area contributed by atoms with E-state index in [-0.39, 0.29) is 17.9 Å². The van der Waals surface area contributed by atoms with E-state index < -0.39 is 0 Å². The van der Waals surface area contributed by atoms with Crippen molar-refractivity contribution in [1.82, 2.24) is 5.32 Å². The number of rotatable bonds is 5. The Morgan fingerprint density at radius 3 is 2.61 bits per heavy atom. The van der Waals surface area contributed by atoms with Gasteiger partial charge in [-0.2, -0.15) is 0 Å². The SMILES string of the molecule is O=C(Nc1ccccc1C(=O)NC[C@H]1CCCO1)c1ccc2c(c1)CCCC2. The van der Waals surface area contributed by atoms with E-state index in [1.165, 1.54) is 24.0 Å². The first kappa shape index (κ1) is 18.7. The Kier molecular flexibility index (Phi) is 5.72. The molecule has 1 saturated heterocycles. The zero-order valence-corrected chi connectivity index (χ0v) is 16.0. The lowest BCUT2D eigenvalue weighted by Gasteiger charge is -2.17. The van der Waals surface area contributed by atoms with Crippen molar-refractivity contribution in [2.24, 2.45) is 0 Å². The molecule has 2 amide bonds. The predicted octanol–water partition coefficient (Wildman–Crippen LogP) is 3.73. The van der Waals surface area contributed by atoms with Crippen LogP contribution in [0.2, 0.25) is 0 Å². The molecule has 0 unspecified atom stereocenters. The highest BCUT2D eigenvalue weighted by Gasteiger charge is 2.19. The Hall–Kier alpha value is -2.66. The number of amides is 2. The van der Waals surface area contributed by atoms with Crippen LogP contribution in [-0.4, -0.2) is 31.1 Å². The van der Waals surface area contributed by atoms with Gasteiger partial charge >= 0.3 is 0 Å². The second-order valence-corrected chi connectivity index (χ2v) is 7.54. The van der Waals surface area contributed by atoms with E-state index in [0.29, 0.717) is 23.4 Å². The maximum absolute atomic E-state index is 12.8. The molecule has 1 aliphatic heterocycles. The molecule has 5 nitrogen and oxygen atoms in total. The van der Waals surface area contributed by atoms with Gasteiger partial charge in [-0.1, -0.05) is 18.2 Å². The number of aryl methyl sites for hydroxylation is 2. The van der Waals surface area contributed by atoms with Crippen LogP contribution >= 0.6 is 0 Å². The molecule has 5 heteroatoms. The average Bonchev–Trinajstić information content (AvgIpc) is 3.25. The maximum Gasteiger partial charge on any atom is 0.255 e. The quantitative estimate of drug-likeness (QED) is 0.833. The molecule has 0 radical (unpaired) electrons. The van der Waals surface area contributed by atoms with Crippen LogP contribution in [0.15, 0.2) is 42.5 Å². The van der Waals surface area contributed by atoms with Gasteiger partial charge in [0.2, 0.25) is 0 Å². The Bertz CT molecular complexity index is 872. The van der Waals surface area contributed by atoms with Crippen LogP contribution in [0.3, 0.4) is 0 Å². The molecule has 1 fully saturated rings. The molecule has 2 N–H and O–H groups in total. The maximum atomic E-state index is 12.8. The fraction of sp³-hybridized carbons (Fsp3) is 0.391. The summed E-state index contributed by atoms with van der Waals surface area (Å²) in [6.07, 6.45) is 6.59. The van der Waals surface area contributed by atoms with Gasteiger partial charge in [-0.3, -0.25) is 9.59 Å². The molecule has 0 aromatic heterocycles. The van der Waals surface area contributed by atoms with Gasteiger partial charge in [-0.05, 0) is 73.9 Å². The molecule has 1 aliphatic carbocycles. The minimum absolute atomic E-state index is 0.0844. The highest BCUT2D eigenvalue weighted by atomic mass is 16.5. The lowest BCUT2D eigenvalue weighted by Crippen LogP contribution is -2.32. The molecule has 1 atom stereocenters. The van der Waals surface area contributed by atoms with Gasteiger partial charge in [0.1, 0.15) is 0 Å². The molecule has 0 spiro atoms. The number of hydrogen-bond acceptors (Lipinski definition) is 3. The van der Waals surface area contributed by atoms with Gasteiger partial charge in [-0.15, -0.1) is 0 Å². The van der Waals surface area contributed by atoms with Crippen molar-refractivity contribution in [2.45, 2.75) is 44.6 Å². The van der Waals surface area contributed by atoms with Crippen LogP contribution in [0, 0.1) is 0 Å². The van der Waals surface area contributed by atoms with Crippen LogP contribution < -0.4 is 10.6 Å². The summed E-state index contributed by atoms with van der Waals surface area (Å²) in [6.45, 7) is 1.25. The average molecular weight is 378 g/mol. The molecule has 28 heavy (non-hydrogen) atoms. The van der Waals surface area contributed by atoms with Gasteiger partial charge in [0.05, 0.1) is 17.4 Å². The van der Waals surface area contributed by atoms with Crippen LogP contribution in [0.5, 0.6) is 0 Å². The summed E-state index contributed by atoms with van der Waals surface area (Å²) in [7, 11) is 0. The Morgan fingerprint density at radius 1 is 0.964 bits per heavy atom. The third-order valence-corrected chi connectivity index (χ3v) is 5.54. The predicted molar refractivity (Wildman–Crippen MR) is 109 cm³/mol. The van der Waals surface area contributed by atoms with E-state index in [0.717, 1.165) is 32.3 Å². The van der Waals surface area contributed by atoms with E-state index in [1.807, 2.05) is 18.2 Å². The van der Waals surface area contributed by atoms with Crippen molar-refractivity contribution < 1.29 is 14.3 Å². The lowest BCUT2D eigenvalue weighted by molar-refractivity contribution is 0.0858. The Labute approximate surface area is 165 Å². The first-order valence-electron chi connectivity index (χ1n) is 10.1. The summed E-state index contributed by atoms with van der Waals surface area (Å²) < 4.78 is 5.55. The minimum Gasteiger partial charge on any atom is -0.376 e. The first-order chi connectivity index (χ1) is 13.7. The summed E-state index contributed by atoms with van der Waals surface area (Å²) in [4.78, 5) is 25.4. The highest BCUT2D eigenvalue weighted by Crippen LogP contribution is 2.23. The largest absolute Gasteiger partial charge is 0.376 e. The molecule has 1 heterocycles. The standard InChI is InChI=1S/C23H26N2O3/c26-22(18-12-11-16-6-1-2-7-17(16)14-18)25-21-10-4-3-9-20(21)23(27)24-15-19-8-5-13-28-19/h3-4,9-12,14,19H,1-2,5-8,13,15H2,(H,24,27)(H,25,26)/t19-/m1/s1. The molecule has 0 saturated carbocycles. The number of benzene rings is 2. The molecular formula is C23H26N2O3. The zero-order valence-electron chi connectivity index (χ0n) is 16.0. The van der Waals surface area contributed by atoms with Gasteiger partial charge in [0.25, 0.3) is 11.8 Å². The van der Waals surface area contributed by atoms with Crippen molar-refractivity contribution in [3.63, 3.8) is 0 Å². The lowest BCUT2D eigenvalue weighted by atomic mass is 9.90. The summed E-state index contributed by atoms with van der Waals surface area (Å²) in [6, 6.07) is 13.0. The number of para-hydroxylation sites is 1. The number of hydrogen-bond donors (Lipinski definition) is 2. The molecule has 4 rings (SSSR count). The molecular weight excluding hydrogens is 352 g/mol. The second kappa shape index (κ2) is 8.57. The Morgan fingerprint density at radius 2 is 1.79 bits per heavy atom. The summed E-state index contributed by atoms with van der Waals surface area (Å²) in [5.74, 6) is -0.385. The number of nitrogens with one attached hydrogen (secondary N) is 2. The van der Waals surface area contributed by atoms with Crippen molar-refractivity contribution in [1.29, 1.82) is 0 Å². The number of ether oxygens (including phenoxy) is 1. The number of carbonyl (C=O) groups is 2. The zero-order chi connectivity index (χ0) is 19.3. The van der Waals surface area contributed by atoms with E-state index >= 15 is 0 Å². The van der Waals surface area contributed by atoms with Gasteiger partial charge in [-0.25, -0.2) is 0 Å². The molecule has 146 valence electrons. The number of anilines is 1. The van der Waals surface area contributed by atoms with E-state index in [2.05, 4.69) is 16.7 Å². The first-order valence-corrected chi connectivity index (χ1v) is 10.1. The monoisotopic (exact) mass is 378 g/mol. The van der Waals surface area contributed by atoms with Gasteiger partial charge < -0.3 is 15.4 Å². The molecule has 2 aliphatic rings. The third kappa shape index (κ3) is 4.25. The Balaban J connectivity index is 1.45. The minimum atomic E-state index is -0.197. The van der Waals surface area contributed by atoms with Crippen LogP contribution in [-0.2, 0) is 17.6 Å². The second-order valence-electron chi connectivity index (χ2n) is 7.54. The van der Waals surface area contributed by atoms with Crippen LogP contribution in [0.25, 0.3) is 0 Å². The van der Waals surface area contributed by atoms with E-state index in [1.54, 1.807) is 18.2 Å². The van der Waals surface area contributed by atoms with Gasteiger partial charge in [0.15, 0.2) is 0 Å². The fourth-order valence-electron chi connectivity index (χ4n) is 3.97. The summed E-state index contributed by atoms with van der Waals surface area (Å²) >= 11 is 0. The van der Waals surface area contributed by atoms with Crippen molar-refractivity contribution in [3.8, 4) is 0 Å². The van der Waals surface area contributed by atoms with Crippen molar-refractivity contribution >= 4 is 17.5 Å². The van der Waals surface area contributed by atoms with Crippen molar-refractivity contribution in [2.75, 3.05) is 18.5 Å². The number of fused-ring (bicyclic) bond motifs is 1. The summed E-state index contributed by atoms with van der Waals surface area (Å²) in [5, 5.41) is 5.83. The van der Waals surface area contributed by atoms with Crippen LogP contribution in [0.1, 0.15) is 57.5 Å². The van der Waals surface area contributed by atoms with E-state index in [4.69, 9.17) is 4.74 Å². The summed E-state index contributed by atoms with van der Waals surface area (Å²) in [5.41, 5.74) is 4.23. The molecule has 0 bridgehead atoms.